The van der Waals surface area contributed by atoms with E-state index in [0.717, 1.165) is 41.5 Å². The first-order valence-corrected chi connectivity index (χ1v) is 9.87. The summed E-state index contributed by atoms with van der Waals surface area (Å²) >= 11 is 3.75. The molecule has 3 N–H and O–H groups in total. The number of nitrogens with zero attached hydrogens (tertiary/aromatic N) is 2. The highest BCUT2D eigenvalue weighted by Gasteiger charge is 2.15. The summed E-state index contributed by atoms with van der Waals surface area (Å²) in [7, 11) is 1.82. The second-order valence-corrected chi connectivity index (χ2v) is 7.87. The molecule has 1 unspecified atom stereocenters. The second-order valence-electron chi connectivity index (χ2n) is 5.43. The fraction of sp³-hybridized carbons (Fsp3) is 0.500. The summed E-state index contributed by atoms with van der Waals surface area (Å²) in [6, 6.07) is 8.21. The summed E-state index contributed by atoms with van der Waals surface area (Å²) in [6.45, 7) is 2.63. The molecule has 1 atom stereocenters. The molecule has 0 aliphatic carbocycles. The molecule has 1 saturated heterocycles. The zero-order chi connectivity index (χ0) is 15.9. The first-order chi connectivity index (χ1) is 11.3. The van der Waals surface area contributed by atoms with Crippen LogP contribution >= 0.6 is 47.1 Å². The van der Waals surface area contributed by atoms with Crippen molar-refractivity contribution < 1.29 is 0 Å². The number of halogens is 1. The van der Waals surface area contributed by atoms with E-state index in [1.165, 1.54) is 23.3 Å². The van der Waals surface area contributed by atoms with Crippen molar-refractivity contribution in [3.63, 3.8) is 0 Å². The van der Waals surface area contributed by atoms with Crippen molar-refractivity contribution in [2.45, 2.75) is 18.1 Å². The fourth-order valence-electron chi connectivity index (χ4n) is 2.53. The number of guanidine groups is 1. The summed E-state index contributed by atoms with van der Waals surface area (Å²) in [5.41, 5.74) is 1.06. The van der Waals surface area contributed by atoms with Crippen LogP contribution in [-0.4, -0.2) is 48.6 Å². The number of rotatable bonds is 6. The first-order valence-electron chi connectivity index (χ1n) is 8.01. The van der Waals surface area contributed by atoms with Crippen LogP contribution in [0.2, 0.25) is 0 Å². The van der Waals surface area contributed by atoms with E-state index in [4.69, 9.17) is 0 Å². The molecule has 1 aromatic heterocycles. The van der Waals surface area contributed by atoms with E-state index < -0.39 is 0 Å². The largest absolute Gasteiger partial charge is 0.360 e. The normalized spacial score (nSPS) is 17.5. The van der Waals surface area contributed by atoms with Gasteiger partial charge in [-0.05, 0) is 30.7 Å². The Balaban J connectivity index is 0.00000208. The molecule has 0 bridgehead atoms. The standard InChI is InChI=1S/C16H23N5S2.HI/c1-17-15(20-11-12-5-4-10-22-12)18-8-9-19-16-21-13-6-2-3-7-14(13)23-16;/h2-3,6-7,12H,4-5,8-11H2,1H3,(H,19,21)(H2,17,18,20);1H. The number of aliphatic imine (C=N–C) groups is 1. The minimum absolute atomic E-state index is 0. The van der Waals surface area contributed by atoms with Gasteiger partial charge in [0.2, 0.25) is 0 Å². The number of hydrogen-bond acceptors (Lipinski definition) is 5. The van der Waals surface area contributed by atoms with E-state index in [1.807, 2.05) is 25.2 Å². The molecule has 8 heteroatoms. The van der Waals surface area contributed by atoms with Gasteiger partial charge in [-0.2, -0.15) is 11.8 Å². The summed E-state index contributed by atoms with van der Waals surface area (Å²) in [5.74, 6) is 2.17. The van der Waals surface area contributed by atoms with Gasteiger partial charge in [0.1, 0.15) is 0 Å². The van der Waals surface area contributed by atoms with Gasteiger partial charge in [-0.25, -0.2) is 4.98 Å². The van der Waals surface area contributed by atoms with Crippen molar-refractivity contribution in [2.75, 3.05) is 37.8 Å². The Morgan fingerprint density at radius 3 is 2.92 bits per heavy atom. The molecule has 1 aliphatic rings. The van der Waals surface area contributed by atoms with Crippen LogP contribution in [0.1, 0.15) is 12.8 Å². The molecule has 0 amide bonds. The lowest BCUT2D eigenvalue weighted by Crippen LogP contribution is -2.41. The number of thiazole rings is 1. The number of hydrogen-bond donors (Lipinski definition) is 3. The molecule has 0 saturated carbocycles. The van der Waals surface area contributed by atoms with Crippen molar-refractivity contribution in [1.82, 2.24) is 15.6 Å². The third kappa shape index (κ3) is 5.66. The minimum atomic E-state index is 0. The van der Waals surface area contributed by atoms with E-state index in [0.29, 0.717) is 0 Å². The average Bonchev–Trinajstić information content (AvgIpc) is 3.23. The summed E-state index contributed by atoms with van der Waals surface area (Å²) in [4.78, 5) is 8.84. The molecule has 2 aromatic rings. The number of anilines is 1. The molecule has 3 rings (SSSR count). The summed E-state index contributed by atoms with van der Waals surface area (Å²) < 4.78 is 1.22. The van der Waals surface area contributed by atoms with Gasteiger partial charge in [0.15, 0.2) is 11.1 Å². The predicted octanol–water partition coefficient (Wildman–Crippen LogP) is 3.39. The van der Waals surface area contributed by atoms with Gasteiger partial charge in [-0.1, -0.05) is 23.5 Å². The van der Waals surface area contributed by atoms with Crippen LogP contribution in [0.3, 0.4) is 0 Å². The van der Waals surface area contributed by atoms with Crippen LogP contribution in [-0.2, 0) is 0 Å². The van der Waals surface area contributed by atoms with Gasteiger partial charge in [0.25, 0.3) is 0 Å². The number of fused-ring (bicyclic) bond motifs is 1. The molecule has 1 aliphatic heterocycles. The highest BCUT2D eigenvalue weighted by molar-refractivity contribution is 14.0. The van der Waals surface area contributed by atoms with E-state index in [1.54, 1.807) is 11.3 Å². The maximum Gasteiger partial charge on any atom is 0.191 e. The third-order valence-electron chi connectivity index (χ3n) is 3.73. The maximum atomic E-state index is 4.57. The van der Waals surface area contributed by atoms with Crippen LogP contribution in [0, 0.1) is 0 Å². The van der Waals surface area contributed by atoms with Crippen molar-refractivity contribution in [3.8, 4) is 0 Å². The van der Waals surface area contributed by atoms with Gasteiger partial charge < -0.3 is 16.0 Å². The molecule has 24 heavy (non-hydrogen) atoms. The van der Waals surface area contributed by atoms with E-state index in [2.05, 4.69) is 43.8 Å². The average molecular weight is 477 g/mol. The van der Waals surface area contributed by atoms with Crippen LogP contribution in [0.25, 0.3) is 10.2 Å². The summed E-state index contributed by atoms with van der Waals surface area (Å²) in [5, 5.41) is 11.8. The number of aromatic nitrogens is 1. The van der Waals surface area contributed by atoms with Crippen molar-refractivity contribution in [1.29, 1.82) is 0 Å². The lowest BCUT2D eigenvalue weighted by molar-refractivity contribution is 0.727. The number of para-hydroxylation sites is 1. The Bertz CT molecular complexity index is 622. The van der Waals surface area contributed by atoms with Crippen molar-refractivity contribution in [2.24, 2.45) is 4.99 Å². The molecule has 0 radical (unpaired) electrons. The third-order valence-corrected chi connectivity index (χ3v) is 6.12. The Labute approximate surface area is 168 Å². The molecular weight excluding hydrogens is 453 g/mol. The van der Waals surface area contributed by atoms with Gasteiger partial charge in [0.05, 0.1) is 10.2 Å². The molecule has 1 aromatic carbocycles. The van der Waals surface area contributed by atoms with Gasteiger partial charge in [-0.3, -0.25) is 4.99 Å². The van der Waals surface area contributed by atoms with Gasteiger partial charge in [0, 0.05) is 31.9 Å². The summed E-state index contributed by atoms with van der Waals surface area (Å²) in [6.07, 6.45) is 2.66. The van der Waals surface area contributed by atoms with Crippen LogP contribution < -0.4 is 16.0 Å². The lowest BCUT2D eigenvalue weighted by atomic mass is 10.2. The van der Waals surface area contributed by atoms with E-state index >= 15 is 0 Å². The van der Waals surface area contributed by atoms with E-state index in [-0.39, 0.29) is 24.0 Å². The minimum Gasteiger partial charge on any atom is -0.360 e. The zero-order valence-electron chi connectivity index (χ0n) is 13.7. The van der Waals surface area contributed by atoms with Crippen LogP contribution in [0.5, 0.6) is 0 Å². The first kappa shape index (κ1) is 19.6. The quantitative estimate of drug-likeness (QED) is 0.258. The predicted molar refractivity (Wildman–Crippen MR) is 118 cm³/mol. The lowest BCUT2D eigenvalue weighted by Gasteiger charge is -2.14. The smallest absolute Gasteiger partial charge is 0.191 e. The second kappa shape index (κ2) is 10.3. The van der Waals surface area contributed by atoms with Gasteiger partial charge in [-0.15, -0.1) is 24.0 Å². The van der Waals surface area contributed by atoms with Crippen LogP contribution in [0.15, 0.2) is 29.3 Å². The van der Waals surface area contributed by atoms with E-state index in [9.17, 15) is 0 Å². The molecule has 5 nitrogen and oxygen atoms in total. The number of nitrogens with one attached hydrogen (secondary N) is 3. The zero-order valence-corrected chi connectivity index (χ0v) is 17.7. The fourth-order valence-corrected chi connectivity index (χ4v) is 4.63. The number of thioether (sulfide) groups is 1. The topological polar surface area (TPSA) is 61.3 Å². The Hall–Kier alpha value is -0.740. The molecule has 0 spiro atoms. The van der Waals surface area contributed by atoms with Gasteiger partial charge >= 0.3 is 0 Å². The Morgan fingerprint density at radius 2 is 2.17 bits per heavy atom. The highest BCUT2D eigenvalue weighted by Crippen LogP contribution is 2.25. The molecule has 2 heterocycles. The maximum absolute atomic E-state index is 4.57. The number of benzene rings is 1. The monoisotopic (exact) mass is 477 g/mol. The highest BCUT2D eigenvalue weighted by atomic mass is 127. The Kier molecular flexibility index (Phi) is 8.40. The molecule has 1 fully saturated rings. The van der Waals surface area contributed by atoms with Crippen molar-refractivity contribution in [3.05, 3.63) is 24.3 Å². The van der Waals surface area contributed by atoms with Crippen molar-refractivity contribution >= 4 is 68.4 Å². The van der Waals surface area contributed by atoms with Crippen LogP contribution in [0.4, 0.5) is 5.13 Å². The molecule has 132 valence electrons. The SMILES string of the molecule is CN=C(NCCNc1nc2ccccc2s1)NCC1CCCS1.I. The molecular formula is C16H24IN5S2. The Morgan fingerprint density at radius 1 is 1.29 bits per heavy atom.